The molecule has 0 amide bonds. The maximum Gasteiger partial charge on any atom is 0.0371 e. The van der Waals surface area contributed by atoms with Gasteiger partial charge in [0.2, 0.25) is 0 Å². The van der Waals surface area contributed by atoms with E-state index in [0.717, 1.165) is 17.8 Å². The van der Waals surface area contributed by atoms with Crippen molar-refractivity contribution >= 4 is 5.69 Å². The van der Waals surface area contributed by atoms with Crippen LogP contribution in [0.25, 0.3) is 11.1 Å². The Kier molecular flexibility index (Phi) is 6.99. The van der Waals surface area contributed by atoms with Gasteiger partial charge in [0.05, 0.1) is 0 Å². The monoisotopic (exact) mass is 475 g/mol. The Morgan fingerprint density at radius 3 is 2.19 bits per heavy atom. The maximum atomic E-state index is 2.89. The van der Waals surface area contributed by atoms with E-state index in [1.165, 1.54) is 74.6 Å². The van der Waals surface area contributed by atoms with Crippen molar-refractivity contribution in [1.82, 2.24) is 0 Å². The molecule has 2 fully saturated rings. The minimum absolute atomic E-state index is 0.672. The average Bonchev–Trinajstić information content (AvgIpc) is 3.64. The summed E-state index contributed by atoms with van der Waals surface area (Å²) in [5.41, 5.74) is 7.31. The Morgan fingerprint density at radius 2 is 1.47 bits per heavy atom. The summed E-state index contributed by atoms with van der Waals surface area (Å²) in [6.07, 6.45) is 25.9. The smallest absolute Gasteiger partial charge is 0.0371 e. The summed E-state index contributed by atoms with van der Waals surface area (Å²) in [5, 5.41) is 0. The van der Waals surface area contributed by atoms with Crippen LogP contribution in [0.5, 0.6) is 0 Å². The lowest BCUT2D eigenvalue weighted by Crippen LogP contribution is -2.44. The van der Waals surface area contributed by atoms with Crippen molar-refractivity contribution in [3.8, 4) is 11.1 Å². The van der Waals surface area contributed by atoms with Crippen molar-refractivity contribution in [2.45, 2.75) is 76.8 Å². The van der Waals surface area contributed by atoms with Gasteiger partial charge < -0.3 is 4.90 Å². The maximum absolute atomic E-state index is 2.89. The summed E-state index contributed by atoms with van der Waals surface area (Å²) in [5.74, 6) is 2.36. The predicted octanol–water partition coefficient (Wildman–Crippen LogP) is 9.30. The predicted molar refractivity (Wildman–Crippen MR) is 154 cm³/mol. The fourth-order valence-corrected chi connectivity index (χ4v) is 7.50. The zero-order chi connectivity index (χ0) is 24.3. The van der Waals surface area contributed by atoms with Crippen molar-refractivity contribution in [3.63, 3.8) is 0 Å². The summed E-state index contributed by atoms with van der Waals surface area (Å²) < 4.78 is 0. The van der Waals surface area contributed by atoms with Crippen LogP contribution in [0.2, 0.25) is 0 Å². The normalized spacial score (nSPS) is 29.8. The second-order valence-electron chi connectivity index (χ2n) is 11.7. The Bertz CT molecular complexity index is 1140. The van der Waals surface area contributed by atoms with E-state index >= 15 is 0 Å². The first kappa shape index (κ1) is 23.6. The summed E-state index contributed by atoms with van der Waals surface area (Å²) in [4.78, 5) is 2.89. The molecule has 0 heterocycles. The minimum atomic E-state index is 0.672. The molecule has 36 heavy (non-hydrogen) atoms. The van der Waals surface area contributed by atoms with Crippen LogP contribution >= 0.6 is 0 Å². The molecule has 3 unspecified atom stereocenters. The third kappa shape index (κ3) is 5.03. The van der Waals surface area contributed by atoms with Crippen molar-refractivity contribution in [1.29, 1.82) is 0 Å². The Hall–Kier alpha value is -2.80. The third-order valence-corrected chi connectivity index (χ3v) is 9.43. The molecule has 0 spiro atoms. The summed E-state index contributed by atoms with van der Waals surface area (Å²) in [6.45, 7) is 2.30. The second kappa shape index (κ2) is 10.7. The molecule has 1 heteroatoms. The fourth-order valence-electron chi connectivity index (χ4n) is 7.50. The third-order valence-electron chi connectivity index (χ3n) is 9.43. The first-order valence-electron chi connectivity index (χ1n) is 14.4. The van der Waals surface area contributed by atoms with E-state index in [9.17, 15) is 0 Å². The van der Waals surface area contributed by atoms with E-state index in [0.29, 0.717) is 12.1 Å². The first-order valence-corrected chi connectivity index (χ1v) is 14.4. The van der Waals surface area contributed by atoms with Crippen LogP contribution in [0.3, 0.4) is 0 Å². The SMILES string of the molecule is CC1=CC=CC(C2CCC(N(c3ccc(-c4ccccc4)cc3)C3CCC(C4=CC=CC4)CC3)C2)C1. The molecule has 0 radical (unpaired) electrons. The minimum Gasteiger partial charge on any atom is -0.366 e. The topological polar surface area (TPSA) is 3.24 Å². The summed E-state index contributed by atoms with van der Waals surface area (Å²) >= 11 is 0. The van der Waals surface area contributed by atoms with E-state index in [2.05, 4.69) is 103 Å². The van der Waals surface area contributed by atoms with Crippen LogP contribution in [0, 0.1) is 17.8 Å². The van der Waals surface area contributed by atoms with Gasteiger partial charge in [-0.15, -0.1) is 0 Å². The van der Waals surface area contributed by atoms with Gasteiger partial charge in [0, 0.05) is 17.8 Å². The lowest BCUT2D eigenvalue weighted by Gasteiger charge is -2.43. The molecule has 2 aromatic carbocycles. The lowest BCUT2D eigenvalue weighted by molar-refractivity contribution is 0.324. The number of hydrogen-bond acceptors (Lipinski definition) is 1. The van der Waals surface area contributed by atoms with Gasteiger partial charge in [-0.3, -0.25) is 0 Å². The summed E-state index contributed by atoms with van der Waals surface area (Å²) in [7, 11) is 0. The van der Waals surface area contributed by atoms with Gasteiger partial charge in [-0.2, -0.15) is 0 Å². The largest absolute Gasteiger partial charge is 0.366 e. The Balaban J connectivity index is 1.21. The molecule has 0 saturated heterocycles. The van der Waals surface area contributed by atoms with Gasteiger partial charge in [0.25, 0.3) is 0 Å². The van der Waals surface area contributed by atoms with Crippen molar-refractivity contribution in [2.75, 3.05) is 4.90 Å². The van der Waals surface area contributed by atoms with Crippen LogP contribution in [0.4, 0.5) is 5.69 Å². The molecule has 186 valence electrons. The summed E-state index contributed by atoms with van der Waals surface area (Å²) in [6, 6.07) is 21.7. The van der Waals surface area contributed by atoms with Gasteiger partial charge in [0.1, 0.15) is 0 Å². The van der Waals surface area contributed by atoms with Crippen LogP contribution in [-0.4, -0.2) is 12.1 Å². The molecule has 2 aromatic rings. The zero-order valence-corrected chi connectivity index (χ0v) is 21.9. The molecule has 0 aliphatic heterocycles. The highest BCUT2D eigenvalue weighted by Crippen LogP contribution is 2.44. The molecular formula is C35H41N. The molecule has 4 aliphatic rings. The molecule has 1 nitrogen and oxygen atoms in total. The van der Waals surface area contributed by atoms with Crippen LogP contribution in [-0.2, 0) is 0 Å². The number of hydrogen-bond donors (Lipinski definition) is 0. The molecule has 4 aliphatic carbocycles. The van der Waals surface area contributed by atoms with Crippen molar-refractivity contribution in [3.05, 3.63) is 102 Å². The molecule has 0 aromatic heterocycles. The number of nitrogens with zero attached hydrogens (tertiary/aromatic N) is 1. The first-order chi connectivity index (χ1) is 17.7. The van der Waals surface area contributed by atoms with Gasteiger partial charge in [-0.1, -0.05) is 90.1 Å². The van der Waals surface area contributed by atoms with Crippen molar-refractivity contribution in [2.24, 2.45) is 17.8 Å². The van der Waals surface area contributed by atoms with E-state index in [1.807, 2.05) is 0 Å². The highest BCUT2D eigenvalue weighted by Gasteiger charge is 2.37. The number of rotatable bonds is 6. The van der Waals surface area contributed by atoms with Crippen LogP contribution < -0.4 is 4.90 Å². The van der Waals surface area contributed by atoms with Gasteiger partial charge in [0.15, 0.2) is 0 Å². The highest BCUT2D eigenvalue weighted by molar-refractivity contribution is 5.66. The van der Waals surface area contributed by atoms with Crippen LogP contribution in [0.1, 0.15) is 64.7 Å². The number of benzene rings is 2. The van der Waals surface area contributed by atoms with E-state index < -0.39 is 0 Å². The zero-order valence-electron chi connectivity index (χ0n) is 21.9. The quantitative estimate of drug-likeness (QED) is 0.402. The fraction of sp³-hybridized carbons (Fsp3) is 0.429. The van der Waals surface area contributed by atoms with E-state index in [1.54, 1.807) is 11.1 Å². The molecular weight excluding hydrogens is 434 g/mol. The Labute approximate surface area is 218 Å². The second-order valence-corrected chi connectivity index (χ2v) is 11.7. The van der Waals surface area contributed by atoms with E-state index in [4.69, 9.17) is 0 Å². The molecule has 0 bridgehead atoms. The molecule has 2 saturated carbocycles. The van der Waals surface area contributed by atoms with Gasteiger partial charge in [-0.25, -0.2) is 0 Å². The molecule has 6 rings (SSSR count). The standard InChI is InChI=1S/C35H41N/c1-26-8-7-13-31(24-26)32-18-23-35(25-32)36(34-21-16-30(17-22-34)28-11-5-6-12-28)33-19-14-29(15-20-33)27-9-3-2-4-10-27/h2-11,13-15,19-20,30-32,34-35H,12,16-18,21-25H2,1H3. The van der Waals surface area contributed by atoms with E-state index in [-0.39, 0.29) is 0 Å². The lowest BCUT2D eigenvalue weighted by atomic mass is 9.79. The highest BCUT2D eigenvalue weighted by atomic mass is 15.2. The van der Waals surface area contributed by atoms with Crippen molar-refractivity contribution < 1.29 is 0 Å². The Morgan fingerprint density at radius 1 is 0.722 bits per heavy atom. The van der Waals surface area contributed by atoms with Gasteiger partial charge in [-0.05, 0) is 106 Å². The number of allylic oxidation sites excluding steroid dienone is 8. The van der Waals surface area contributed by atoms with Gasteiger partial charge >= 0.3 is 0 Å². The average molecular weight is 476 g/mol. The number of anilines is 1. The van der Waals surface area contributed by atoms with Crippen LogP contribution in [0.15, 0.2) is 102 Å². The molecule has 0 N–H and O–H groups in total. The molecule has 3 atom stereocenters.